The van der Waals surface area contributed by atoms with Crippen molar-refractivity contribution in [2.45, 2.75) is 31.2 Å². The van der Waals surface area contributed by atoms with Gasteiger partial charge in [0.2, 0.25) is 5.91 Å². The first kappa shape index (κ1) is 32.0. The van der Waals surface area contributed by atoms with Gasteiger partial charge in [-0.05, 0) is 57.0 Å². The Morgan fingerprint density at radius 2 is 1.20 bits per heavy atom. The highest BCUT2D eigenvalue weighted by atomic mass is 16.5. The van der Waals surface area contributed by atoms with E-state index in [0.29, 0.717) is 12.0 Å². The van der Waals surface area contributed by atoms with Gasteiger partial charge in [0, 0.05) is 16.6 Å². The molecular weight excluding hydrogens is 631 g/mol. The maximum absolute atomic E-state index is 14.3. The Balaban J connectivity index is 1.09. The van der Waals surface area contributed by atoms with Gasteiger partial charge in [-0.25, -0.2) is 4.79 Å². The number of benzene rings is 6. The summed E-state index contributed by atoms with van der Waals surface area (Å²) in [5.74, 6) is -0.790. The average molecular weight is 668 g/mol. The fourth-order valence-electron chi connectivity index (χ4n) is 7.00. The van der Waals surface area contributed by atoms with Crippen molar-refractivity contribution >= 4 is 22.8 Å². The molecule has 3 atom stereocenters. The van der Waals surface area contributed by atoms with Crippen molar-refractivity contribution in [3.63, 3.8) is 0 Å². The normalized spacial score (nSPS) is 15.8. The van der Waals surface area contributed by atoms with Gasteiger partial charge in [0.1, 0.15) is 6.61 Å². The van der Waals surface area contributed by atoms with E-state index in [4.69, 9.17) is 4.74 Å². The van der Waals surface area contributed by atoms with E-state index in [1.54, 1.807) is 0 Å². The number of aromatic amines is 1. The number of H-pyrrole nitrogens is 1. The van der Waals surface area contributed by atoms with Crippen molar-refractivity contribution in [2.75, 3.05) is 0 Å². The zero-order valence-electron chi connectivity index (χ0n) is 28.0. The van der Waals surface area contributed by atoms with E-state index in [9.17, 15) is 9.59 Å². The topological polar surface area (TPSA) is 83.2 Å². The molecule has 1 amide bonds. The molecule has 2 heterocycles. The van der Waals surface area contributed by atoms with Crippen molar-refractivity contribution < 1.29 is 14.3 Å². The largest absolute Gasteiger partial charge is 0.459 e. The summed E-state index contributed by atoms with van der Waals surface area (Å²) in [5.41, 5.74) is 10.1. The van der Waals surface area contributed by atoms with Gasteiger partial charge in [-0.3, -0.25) is 10.1 Å². The van der Waals surface area contributed by atoms with Crippen LogP contribution in [0.3, 0.4) is 0 Å². The van der Waals surface area contributed by atoms with Crippen LogP contribution in [-0.2, 0) is 27.4 Å². The molecule has 1 aliphatic rings. The highest BCUT2D eigenvalue weighted by molar-refractivity contribution is 5.91. The molecule has 6 heteroatoms. The Morgan fingerprint density at radius 1 is 0.647 bits per heavy atom. The molecule has 1 aliphatic heterocycles. The SMILES string of the molecule is O=C(OCc1ccccc1)C(NC(=O)[C@H]1Cc2c([nH]c3ccccc23)[C@H](c2ccc(-c3ccccc3)cc2)N1)c1ccc(-c2ccccc2)cc1. The Kier molecular flexibility index (Phi) is 8.98. The van der Waals surface area contributed by atoms with Crippen LogP contribution >= 0.6 is 0 Å². The zero-order chi connectivity index (χ0) is 34.6. The maximum atomic E-state index is 14.3. The Labute approximate surface area is 297 Å². The molecule has 6 aromatic carbocycles. The van der Waals surface area contributed by atoms with Gasteiger partial charge in [0.25, 0.3) is 0 Å². The summed E-state index contributed by atoms with van der Waals surface area (Å²) in [5, 5.41) is 7.81. The minimum atomic E-state index is -0.999. The van der Waals surface area contributed by atoms with Gasteiger partial charge >= 0.3 is 5.97 Å². The number of aromatic nitrogens is 1. The second-order valence-corrected chi connectivity index (χ2v) is 12.9. The number of hydrogen-bond acceptors (Lipinski definition) is 4. The molecule has 6 nitrogen and oxygen atoms in total. The number of rotatable bonds is 9. The molecule has 51 heavy (non-hydrogen) atoms. The third-order valence-corrected chi connectivity index (χ3v) is 9.68. The summed E-state index contributed by atoms with van der Waals surface area (Å²) in [4.78, 5) is 31.8. The van der Waals surface area contributed by atoms with Crippen LogP contribution in [0.15, 0.2) is 164 Å². The molecule has 8 rings (SSSR count). The highest BCUT2D eigenvalue weighted by Crippen LogP contribution is 2.36. The van der Waals surface area contributed by atoms with E-state index in [1.807, 2.05) is 115 Å². The van der Waals surface area contributed by atoms with Crippen LogP contribution < -0.4 is 10.6 Å². The van der Waals surface area contributed by atoms with Crippen LogP contribution in [0.2, 0.25) is 0 Å². The monoisotopic (exact) mass is 667 g/mol. The fraction of sp³-hybridized carbons (Fsp3) is 0.111. The minimum absolute atomic E-state index is 0.107. The van der Waals surface area contributed by atoms with Crippen LogP contribution in [0.4, 0.5) is 0 Å². The Bertz CT molecular complexity index is 2270. The molecule has 0 saturated heterocycles. The van der Waals surface area contributed by atoms with Crippen molar-refractivity contribution in [2.24, 2.45) is 0 Å². The van der Waals surface area contributed by atoms with Gasteiger partial charge in [-0.2, -0.15) is 0 Å². The average Bonchev–Trinajstić information content (AvgIpc) is 3.58. The molecule has 0 aliphatic carbocycles. The van der Waals surface area contributed by atoms with Crippen molar-refractivity contribution in [3.05, 3.63) is 192 Å². The number of para-hydroxylation sites is 1. The number of nitrogens with one attached hydrogen (secondary N) is 3. The molecule has 0 saturated carbocycles. The number of amides is 1. The molecule has 7 aromatic rings. The second-order valence-electron chi connectivity index (χ2n) is 12.9. The van der Waals surface area contributed by atoms with Gasteiger partial charge in [0.15, 0.2) is 6.04 Å². The van der Waals surface area contributed by atoms with Gasteiger partial charge in [-0.1, -0.05) is 158 Å². The molecule has 0 bridgehead atoms. The summed E-state index contributed by atoms with van der Waals surface area (Å²) in [6.45, 7) is 0.107. The molecule has 0 spiro atoms. The number of hydrogen-bond donors (Lipinski definition) is 3. The molecule has 3 N–H and O–H groups in total. The summed E-state index contributed by atoms with van der Waals surface area (Å²) in [6.07, 6.45) is 0.461. The number of carbonyl (C=O) groups excluding carboxylic acids is 2. The first-order valence-corrected chi connectivity index (χ1v) is 17.3. The molecule has 0 fully saturated rings. The predicted molar refractivity (Wildman–Crippen MR) is 202 cm³/mol. The third kappa shape index (κ3) is 6.82. The lowest BCUT2D eigenvalue weighted by Crippen LogP contribution is -2.51. The molecule has 1 unspecified atom stereocenters. The smallest absolute Gasteiger partial charge is 0.333 e. The Morgan fingerprint density at radius 3 is 1.84 bits per heavy atom. The summed E-state index contributed by atoms with van der Waals surface area (Å²) >= 11 is 0. The van der Waals surface area contributed by atoms with Crippen molar-refractivity contribution in [1.29, 1.82) is 0 Å². The van der Waals surface area contributed by atoms with E-state index in [2.05, 4.69) is 64.1 Å². The second kappa shape index (κ2) is 14.3. The lowest BCUT2D eigenvalue weighted by atomic mass is 9.89. The number of ether oxygens (including phenoxy) is 1. The van der Waals surface area contributed by atoms with E-state index in [1.165, 1.54) is 0 Å². The number of esters is 1. The van der Waals surface area contributed by atoms with E-state index in [0.717, 1.165) is 55.5 Å². The van der Waals surface area contributed by atoms with Crippen molar-refractivity contribution in [3.8, 4) is 22.3 Å². The standard InChI is InChI=1S/C45H37N3O3/c49-44(48-42(45(50)51-29-30-12-4-1-5-13-30)36-26-22-34(23-27-36)32-16-8-3-9-17-32)40-28-38-37-18-10-11-19-39(37)46-43(38)41(47-40)35-24-20-33(21-25-35)31-14-6-2-7-15-31/h1-27,40-42,46-47H,28-29H2,(H,48,49)/t40-,41+,42?/m1/s1. The van der Waals surface area contributed by atoms with Crippen molar-refractivity contribution in [1.82, 2.24) is 15.6 Å². The first-order chi connectivity index (χ1) is 25.1. The predicted octanol–water partition coefficient (Wildman–Crippen LogP) is 8.71. The fourth-order valence-corrected chi connectivity index (χ4v) is 7.00. The van der Waals surface area contributed by atoms with E-state index in [-0.39, 0.29) is 18.6 Å². The first-order valence-electron chi connectivity index (χ1n) is 17.3. The molecule has 250 valence electrons. The quantitative estimate of drug-likeness (QED) is 0.135. The molecule has 1 aromatic heterocycles. The summed E-state index contributed by atoms with van der Waals surface area (Å²) < 4.78 is 5.81. The zero-order valence-corrected chi connectivity index (χ0v) is 28.0. The Hall–Kier alpha value is -6.24. The van der Waals surface area contributed by atoms with Crippen LogP contribution in [0.5, 0.6) is 0 Å². The van der Waals surface area contributed by atoms with Gasteiger partial charge in [-0.15, -0.1) is 0 Å². The van der Waals surface area contributed by atoms with Gasteiger partial charge in [0.05, 0.1) is 12.1 Å². The van der Waals surface area contributed by atoms with Crippen LogP contribution in [0.25, 0.3) is 33.2 Å². The third-order valence-electron chi connectivity index (χ3n) is 9.68. The minimum Gasteiger partial charge on any atom is -0.459 e. The summed E-state index contributed by atoms with van der Waals surface area (Å²) in [6, 6.07) is 52.4. The maximum Gasteiger partial charge on any atom is 0.333 e. The lowest BCUT2D eigenvalue weighted by molar-refractivity contribution is -0.149. The van der Waals surface area contributed by atoms with Crippen LogP contribution in [0.1, 0.15) is 40.0 Å². The molecule has 0 radical (unpaired) electrons. The van der Waals surface area contributed by atoms with Crippen LogP contribution in [-0.4, -0.2) is 22.9 Å². The van der Waals surface area contributed by atoms with Gasteiger partial charge < -0.3 is 15.0 Å². The highest BCUT2D eigenvalue weighted by Gasteiger charge is 2.36. The lowest BCUT2D eigenvalue weighted by Gasteiger charge is -2.32. The number of carbonyl (C=O) groups is 2. The number of fused-ring (bicyclic) bond motifs is 3. The van der Waals surface area contributed by atoms with E-state index < -0.39 is 18.1 Å². The van der Waals surface area contributed by atoms with Crippen LogP contribution in [0, 0.1) is 0 Å². The van der Waals surface area contributed by atoms with E-state index >= 15 is 0 Å². The molecular formula is C45H37N3O3. The summed E-state index contributed by atoms with van der Waals surface area (Å²) in [7, 11) is 0.